The highest BCUT2D eigenvalue weighted by Gasteiger charge is 2.17. The van der Waals surface area contributed by atoms with Gasteiger partial charge in [-0.15, -0.1) is 0 Å². The molecule has 2 aromatic heterocycles. The van der Waals surface area contributed by atoms with E-state index in [1.165, 1.54) is 28.8 Å². The molecule has 1 aromatic carbocycles. The number of halogens is 2. The molecule has 12 heteroatoms. The second-order valence-corrected chi connectivity index (χ2v) is 6.77. The Morgan fingerprint density at radius 1 is 1.20 bits per heavy atom. The van der Waals surface area contributed by atoms with Gasteiger partial charge in [0.2, 0.25) is 0 Å². The van der Waals surface area contributed by atoms with Crippen molar-refractivity contribution in [3.8, 4) is 0 Å². The number of ether oxygens (including phenoxy) is 1. The van der Waals surface area contributed by atoms with Gasteiger partial charge in [0, 0.05) is 23.9 Å². The lowest BCUT2D eigenvalue weighted by molar-refractivity contribution is -0.384. The van der Waals surface area contributed by atoms with Gasteiger partial charge in [-0.25, -0.2) is 4.98 Å². The van der Waals surface area contributed by atoms with Crippen LogP contribution < -0.4 is 10.9 Å². The average Bonchev–Trinajstić information content (AvgIpc) is 2.71. The third kappa shape index (κ3) is 4.91. The highest BCUT2D eigenvalue weighted by atomic mass is 35.5. The largest absolute Gasteiger partial charge is 0.458 e. The summed E-state index contributed by atoms with van der Waals surface area (Å²) in [6.07, 6.45) is 1.42. The van der Waals surface area contributed by atoms with Crippen LogP contribution >= 0.6 is 23.2 Å². The highest BCUT2D eigenvalue weighted by molar-refractivity contribution is 6.32. The summed E-state index contributed by atoms with van der Waals surface area (Å²) in [6.45, 7) is -0.771. The number of carbonyl (C=O) groups excluding carboxylic acids is 2. The molecule has 0 fully saturated rings. The summed E-state index contributed by atoms with van der Waals surface area (Å²) in [4.78, 5) is 50.4. The zero-order chi connectivity index (χ0) is 21.8. The van der Waals surface area contributed by atoms with Crippen LogP contribution in [0.25, 0.3) is 5.65 Å². The van der Waals surface area contributed by atoms with Gasteiger partial charge in [-0.2, -0.15) is 0 Å². The number of carbonyl (C=O) groups is 2. The Hall–Kier alpha value is -3.50. The van der Waals surface area contributed by atoms with Gasteiger partial charge in [-0.3, -0.25) is 28.9 Å². The Kier molecular flexibility index (Phi) is 6.28. The predicted octanol–water partition coefficient (Wildman–Crippen LogP) is 2.38. The molecule has 154 valence electrons. The number of nitrogens with zero attached hydrogens (tertiary/aromatic N) is 3. The molecule has 10 nitrogen and oxygen atoms in total. The lowest BCUT2D eigenvalue weighted by Gasteiger charge is -2.08. The molecule has 0 aliphatic heterocycles. The molecular weight excluding hydrogens is 439 g/mol. The fourth-order valence-corrected chi connectivity index (χ4v) is 2.80. The van der Waals surface area contributed by atoms with E-state index in [4.69, 9.17) is 27.9 Å². The summed E-state index contributed by atoms with van der Waals surface area (Å²) in [5.74, 6) is -1.50. The van der Waals surface area contributed by atoms with Crippen molar-refractivity contribution in [2.45, 2.75) is 6.61 Å². The Morgan fingerprint density at radius 2 is 1.97 bits per heavy atom. The summed E-state index contributed by atoms with van der Waals surface area (Å²) in [6, 6.07) is 7.80. The van der Waals surface area contributed by atoms with Crippen LogP contribution in [-0.2, 0) is 16.1 Å². The van der Waals surface area contributed by atoms with Crippen LogP contribution in [0.15, 0.2) is 47.4 Å². The summed E-state index contributed by atoms with van der Waals surface area (Å²) < 4.78 is 6.25. The quantitative estimate of drug-likeness (QED) is 0.346. The number of rotatable bonds is 6. The van der Waals surface area contributed by atoms with Gasteiger partial charge in [0.1, 0.15) is 23.8 Å². The molecule has 0 bridgehead atoms. The van der Waals surface area contributed by atoms with Gasteiger partial charge in [0.05, 0.1) is 15.6 Å². The maximum atomic E-state index is 12.1. The number of amides is 1. The minimum atomic E-state index is -0.787. The molecule has 0 aliphatic rings. The molecule has 0 atom stereocenters. The Bertz CT molecular complexity index is 1230. The van der Waals surface area contributed by atoms with E-state index in [0.29, 0.717) is 10.7 Å². The normalized spacial score (nSPS) is 10.6. The predicted molar refractivity (Wildman–Crippen MR) is 107 cm³/mol. The number of esters is 1. The van der Waals surface area contributed by atoms with E-state index in [1.54, 1.807) is 12.1 Å². The van der Waals surface area contributed by atoms with E-state index in [-0.39, 0.29) is 22.9 Å². The van der Waals surface area contributed by atoms with Crippen LogP contribution in [0.3, 0.4) is 0 Å². The lowest BCUT2D eigenvalue weighted by atomic mass is 10.2. The van der Waals surface area contributed by atoms with Crippen molar-refractivity contribution < 1.29 is 19.2 Å². The molecule has 1 N–H and O–H groups in total. The zero-order valence-corrected chi connectivity index (χ0v) is 16.5. The van der Waals surface area contributed by atoms with Gasteiger partial charge < -0.3 is 10.1 Å². The van der Waals surface area contributed by atoms with Gasteiger partial charge in [0.25, 0.3) is 17.2 Å². The zero-order valence-electron chi connectivity index (χ0n) is 15.0. The molecule has 30 heavy (non-hydrogen) atoms. The topological polar surface area (TPSA) is 133 Å². The Labute approximate surface area is 178 Å². The number of nitro benzene ring substituents is 1. The SMILES string of the molecule is O=C(CNC(=O)c1ccc(Cl)c([N+](=O)[O-])c1)OCc1cc(=O)n2cc(Cl)ccc2n1. The molecule has 1 amide bonds. The first-order valence-corrected chi connectivity index (χ1v) is 9.06. The van der Waals surface area contributed by atoms with E-state index in [2.05, 4.69) is 10.3 Å². The minimum absolute atomic E-state index is 0.0400. The summed E-state index contributed by atoms with van der Waals surface area (Å²) >= 11 is 11.5. The molecule has 0 radical (unpaired) electrons. The maximum Gasteiger partial charge on any atom is 0.325 e. The Balaban J connectivity index is 1.59. The van der Waals surface area contributed by atoms with Crippen LogP contribution in [-0.4, -0.2) is 32.7 Å². The number of fused-ring (bicyclic) bond motifs is 1. The van der Waals surface area contributed by atoms with E-state index in [0.717, 1.165) is 6.07 Å². The summed E-state index contributed by atoms with van der Waals surface area (Å²) in [5.41, 5.74) is -0.319. The second kappa shape index (κ2) is 8.89. The highest BCUT2D eigenvalue weighted by Crippen LogP contribution is 2.24. The molecule has 0 spiro atoms. The van der Waals surface area contributed by atoms with Crippen molar-refractivity contribution in [1.29, 1.82) is 0 Å². The number of pyridine rings is 1. The van der Waals surface area contributed by atoms with Gasteiger partial charge >= 0.3 is 5.97 Å². The number of benzene rings is 1. The van der Waals surface area contributed by atoms with Crippen molar-refractivity contribution in [2.75, 3.05) is 6.54 Å². The first-order chi connectivity index (χ1) is 14.2. The fraction of sp³-hybridized carbons (Fsp3) is 0.111. The number of hydrogen-bond donors (Lipinski definition) is 1. The first-order valence-electron chi connectivity index (χ1n) is 8.30. The molecule has 3 aromatic rings. The first kappa shape index (κ1) is 21.2. The van der Waals surface area contributed by atoms with Gasteiger partial charge in [-0.1, -0.05) is 23.2 Å². The van der Waals surface area contributed by atoms with E-state index < -0.39 is 34.6 Å². The standard InChI is InChI=1S/C18H12Cl2N4O6/c19-11-2-4-15-22-12(6-16(25)23(15)8-11)9-30-17(26)7-21-18(27)10-1-3-13(20)14(5-10)24(28)29/h1-6,8H,7,9H2,(H,21,27). The van der Waals surface area contributed by atoms with Gasteiger partial charge in [-0.05, 0) is 24.3 Å². The molecule has 0 saturated carbocycles. The summed E-state index contributed by atoms with van der Waals surface area (Å²) in [5, 5.41) is 13.4. The van der Waals surface area contributed by atoms with E-state index >= 15 is 0 Å². The Morgan fingerprint density at radius 3 is 2.70 bits per heavy atom. The average molecular weight is 451 g/mol. The molecule has 0 aliphatic carbocycles. The smallest absolute Gasteiger partial charge is 0.325 e. The number of nitrogens with one attached hydrogen (secondary N) is 1. The van der Waals surface area contributed by atoms with Crippen LogP contribution in [0.1, 0.15) is 16.1 Å². The third-order valence-corrected chi connectivity index (χ3v) is 4.40. The number of hydrogen-bond acceptors (Lipinski definition) is 7. The lowest BCUT2D eigenvalue weighted by Crippen LogP contribution is -2.30. The van der Waals surface area contributed by atoms with Crippen LogP contribution in [0, 0.1) is 10.1 Å². The molecule has 0 unspecified atom stereocenters. The molecule has 3 rings (SSSR count). The van der Waals surface area contributed by atoms with E-state index in [9.17, 15) is 24.5 Å². The molecule has 0 saturated heterocycles. The van der Waals surface area contributed by atoms with Crippen molar-refractivity contribution in [2.24, 2.45) is 0 Å². The molecule has 2 heterocycles. The van der Waals surface area contributed by atoms with Crippen molar-refractivity contribution >= 4 is 46.4 Å². The summed E-state index contributed by atoms with van der Waals surface area (Å²) in [7, 11) is 0. The van der Waals surface area contributed by atoms with E-state index in [1.807, 2.05) is 0 Å². The van der Waals surface area contributed by atoms with Crippen LogP contribution in [0.5, 0.6) is 0 Å². The van der Waals surface area contributed by atoms with Crippen molar-refractivity contribution in [3.05, 3.63) is 84.4 Å². The second-order valence-electron chi connectivity index (χ2n) is 5.93. The van der Waals surface area contributed by atoms with Crippen molar-refractivity contribution in [1.82, 2.24) is 14.7 Å². The molecular formula is C18H12Cl2N4O6. The monoisotopic (exact) mass is 450 g/mol. The van der Waals surface area contributed by atoms with Crippen LogP contribution in [0.4, 0.5) is 5.69 Å². The fourth-order valence-electron chi connectivity index (χ4n) is 2.45. The van der Waals surface area contributed by atoms with Crippen molar-refractivity contribution in [3.63, 3.8) is 0 Å². The van der Waals surface area contributed by atoms with Gasteiger partial charge in [0.15, 0.2) is 0 Å². The number of nitro groups is 1. The number of aromatic nitrogens is 2. The maximum absolute atomic E-state index is 12.1. The minimum Gasteiger partial charge on any atom is -0.458 e. The third-order valence-electron chi connectivity index (χ3n) is 3.86. The van der Waals surface area contributed by atoms with Crippen LogP contribution in [0.2, 0.25) is 10.0 Å².